The van der Waals surface area contributed by atoms with Crippen LogP contribution in [0, 0.1) is 5.92 Å². The van der Waals surface area contributed by atoms with Crippen molar-refractivity contribution in [3.63, 3.8) is 0 Å². The van der Waals surface area contributed by atoms with Gasteiger partial charge in [0.25, 0.3) is 0 Å². The van der Waals surface area contributed by atoms with Crippen molar-refractivity contribution in [2.24, 2.45) is 5.92 Å². The second-order valence-electron chi connectivity index (χ2n) is 18.7. The van der Waals surface area contributed by atoms with E-state index in [1.54, 1.807) is 6.08 Å². The lowest BCUT2D eigenvalue weighted by atomic mass is 10.0. The molecule has 0 amide bonds. The highest BCUT2D eigenvalue weighted by Crippen LogP contribution is 2.60. The van der Waals surface area contributed by atoms with E-state index in [4.69, 9.17) is 29.0 Å². The van der Waals surface area contributed by atoms with E-state index in [0.29, 0.717) is 25.7 Å². The number of ether oxygens (including phenoxy) is 3. The Hall–Kier alpha value is -3.32. The van der Waals surface area contributed by atoms with E-state index in [0.717, 1.165) is 74.5 Å². The molecule has 0 aromatic carbocycles. The monoisotopic (exact) mass is 1060 g/mol. The van der Waals surface area contributed by atoms with E-state index in [1.165, 1.54) is 63.9 Å². The smallest absolute Gasteiger partial charge is 0.462 e. The molecule has 1 aromatic rings. The highest BCUT2D eigenvalue weighted by Gasteiger charge is 2.46. The Morgan fingerprint density at radius 1 is 0.764 bits per heavy atom. The van der Waals surface area contributed by atoms with Crippen molar-refractivity contribution < 1.29 is 71.4 Å². The van der Waals surface area contributed by atoms with Crippen LogP contribution in [0.4, 0.5) is 5.82 Å². The van der Waals surface area contributed by atoms with Crippen molar-refractivity contribution in [1.82, 2.24) is 9.55 Å². The number of aliphatic hydroxyl groups excluding tert-OH is 3. The quantitative estimate of drug-likeness (QED) is 0.0117. The van der Waals surface area contributed by atoms with Crippen molar-refractivity contribution in [2.45, 2.75) is 212 Å². The average Bonchev–Trinajstić information content (AvgIpc) is 3.60. The maximum absolute atomic E-state index is 12.9. The number of rotatable bonds is 42. The summed E-state index contributed by atoms with van der Waals surface area (Å²) < 4.78 is 56.7. The molecule has 72 heavy (non-hydrogen) atoms. The van der Waals surface area contributed by atoms with E-state index in [-0.39, 0.29) is 18.7 Å². The number of esters is 2. The van der Waals surface area contributed by atoms with Crippen molar-refractivity contribution in [1.29, 1.82) is 0 Å². The van der Waals surface area contributed by atoms with Crippen LogP contribution >= 0.6 is 15.6 Å². The molecule has 1 aliphatic rings. The largest absolute Gasteiger partial charge is 0.481 e. The highest BCUT2D eigenvalue weighted by atomic mass is 31.3. The van der Waals surface area contributed by atoms with Crippen molar-refractivity contribution in [3.05, 3.63) is 71.4 Å². The molecule has 2 unspecified atom stereocenters. The summed E-state index contributed by atoms with van der Waals surface area (Å²) in [6.45, 7) is 4.29. The molecule has 7 N–H and O–H groups in total. The number of allylic oxidation sites excluding steroid dienone is 7. The minimum Gasteiger partial charge on any atom is -0.462 e. The zero-order valence-corrected chi connectivity index (χ0v) is 44.8. The van der Waals surface area contributed by atoms with Crippen LogP contribution in [0.3, 0.4) is 0 Å². The standard InChI is InChI=1S/C51H87N3O16P2/c1-4-5-26-32-42(55)33-28-23-19-15-11-9-13-17-21-25-30-35-47(57)68-43(38-65-46(56)34-29-24-20-16-12-8-6-7-10-14-18-22-27-31-41(2)3)39-66-71(61,62)70-72(63,64)67-40-44-48(58)49(59)50(69-44)54-37-36-45(52)53-51(54)60/h9,11,17,19,21,23,28,33,36-37,41-44,48-50,55,58-59H,4-8,10,12-16,18,20,22,24-27,29-32,34-35,38-40H2,1-3H3,(H,61,62)(H,63,64)(H2,52,53,60)/b11-9-,21-17-,23-19-,33-28+/t42-,43+,44+,48+,49+,50+/m0/s1. The van der Waals surface area contributed by atoms with Gasteiger partial charge in [0, 0.05) is 19.0 Å². The lowest BCUT2D eigenvalue weighted by Gasteiger charge is -2.21. The van der Waals surface area contributed by atoms with Gasteiger partial charge in [0.2, 0.25) is 0 Å². The van der Waals surface area contributed by atoms with Crippen molar-refractivity contribution in [3.8, 4) is 0 Å². The number of hydrogen-bond donors (Lipinski definition) is 6. The van der Waals surface area contributed by atoms with E-state index in [9.17, 15) is 48.6 Å². The Morgan fingerprint density at radius 3 is 1.99 bits per heavy atom. The van der Waals surface area contributed by atoms with Crippen LogP contribution in [0.1, 0.15) is 181 Å². The van der Waals surface area contributed by atoms with E-state index in [1.807, 2.05) is 42.5 Å². The Balaban J connectivity index is 1.83. The summed E-state index contributed by atoms with van der Waals surface area (Å²) in [7, 11) is -10.9. The van der Waals surface area contributed by atoms with Gasteiger partial charge >= 0.3 is 33.3 Å². The first-order valence-electron chi connectivity index (χ1n) is 26.1. The van der Waals surface area contributed by atoms with Gasteiger partial charge < -0.3 is 45.1 Å². The van der Waals surface area contributed by atoms with E-state index >= 15 is 0 Å². The third-order valence-corrected chi connectivity index (χ3v) is 14.3. The van der Waals surface area contributed by atoms with Crippen LogP contribution in [-0.2, 0) is 46.3 Å². The summed E-state index contributed by atoms with van der Waals surface area (Å²) >= 11 is 0. The summed E-state index contributed by atoms with van der Waals surface area (Å²) in [5.74, 6) is -0.608. The second kappa shape index (κ2) is 38.3. The fourth-order valence-electron chi connectivity index (χ4n) is 7.60. The van der Waals surface area contributed by atoms with Gasteiger partial charge in [-0.25, -0.2) is 13.9 Å². The zero-order chi connectivity index (χ0) is 53.0. The van der Waals surface area contributed by atoms with Crippen molar-refractivity contribution >= 4 is 33.4 Å². The molecular formula is C51H87N3O16P2. The molecule has 0 bridgehead atoms. The summed E-state index contributed by atoms with van der Waals surface area (Å²) in [6.07, 6.45) is 31.0. The molecule has 2 rings (SSSR count). The fraction of sp³-hybridized carbons (Fsp3) is 0.725. The Morgan fingerprint density at radius 2 is 1.35 bits per heavy atom. The lowest BCUT2D eigenvalue weighted by molar-refractivity contribution is -0.161. The molecule has 1 aromatic heterocycles. The number of phosphoric acid groups is 2. The van der Waals surface area contributed by atoms with Gasteiger partial charge in [-0.1, -0.05) is 172 Å². The zero-order valence-electron chi connectivity index (χ0n) is 43.0. The van der Waals surface area contributed by atoms with Crippen molar-refractivity contribution in [2.75, 3.05) is 25.6 Å². The number of unbranched alkanes of at least 4 members (excludes halogenated alkanes) is 15. The van der Waals surface area contributed by atoms with Crippen LogP contribution in [0.2, 0.25) is 0 Å². The molecule has 1 aliphatic heterocycles. The lowest BCUT2D eigenvalue weighted by Crippen LogP contribution is -2.36. The second-order valence-corrected chi connectivity index (χ2v) is 21.7. The van der Waals surface area contributed by atoms with Gasteiger partial charge in [-0.15, -0.1) is 0 Å². The predicted octanol–water partition coefficient (Wildman–Crippen LogP) is 9.77. The normalized spacial score (nSPS) is 20.0. The predicted molar refractivity (Wildman–Crippen MR) is 276 cm³/mol. The minimum absolute atomic E-state index is 0.0457. The summed E-state index contributed by atoms with van der Waals surface area (Å²) in [5, 5.41) is 30.9. The first-order chi connectivity index (χ1) is 34.4. The Labute approximate surface area is 427 Å². The molecule has 0 radical (unpaired) electrons. The number of carbonyl (C=O) groups excluding carboxylic acids is 2. The number of nitrogens with two attached hydrogens (primary N) is 1. The minimum atomic E-state index is -5.45. The third kappa shape index (κ3) is 31.4. The molecular weight excluding hydrogens is 973 g/mol. The van der Waals surface area contributed by atoms with E-state index in [2.05, 4.69) is 30.1 Å². The van der Waals surface area contributed by atoms with E-state index < -0.39 is 89.8 Å². The maximum Gasteiger partial charge on any atom is 0.481 e. The van der Waals surface area contributed by atoms with Gasteiger partial charge in [0.05, 0.1) is 19.3 Å². The van der Waals surface area contributed by atoms with Gasteiger partial charge in [-0.2, -0.15) is 9.29 Å². The first kappa shape index (κ1) is 64.8. The molecule has 2 heterocycles. The van der Waals surface area contributed by atoms with Crippen LogP contribution < -0.4 is 11.4 Å². The van der Waals surface area contributed by atoms with Crippen LogP contribution in [-0.4, -0.2) is 96.9 Å². The van der Waals surface area contributed by atoms with Gasteiger partial charge in [-0.05, 0) is 50.5 Å². The molecule has 19 nitrogen and oxygen atoms in total. The topological polar surface area (TPSA) is 286 Å². The Kier molecular flexibility index (Phi) is 34.4. The summed E-state index contributed by atoms with van der Waals surface area (Å²) in [4.78, 5) is 61.9. The van der Waals surface area contributed by atoms with Crippen LogP contribution in [0.5, 0.6) is 0 Å². The molecule has 0 aliphatic carbocycles. The first-order valence-corrected chi connectivity index (χ1v) is 29.1. The Bertz CT molecular complexity index is 1930. The number of nitrogen functional groups attached to an aromatic ring is 1. The number of anilines is 1. The average molecular weight is 1060 g/mol. The number of phosphoric ester groups is 2. The summed E-state index contributed by atoms with van der Waals surface area (Å²) in [6, 6.07) is 1.24. The SMILES string of the molecule is CCCCC[C@H](O)/C=C/C=C\C/C=C\C/C=C\CCCC(=O)O[C@H](COC(=O)CCCCCCCCCCCCCCCC(C)C)COP(=O)(O)OP(=O)(O)OC[C@H]1O[C@@H](n2ccc(N)nc2=O)[C@H](O)[C@@H]1O. The number of aliphatic hydroxyl groups is 3. The number of aromatic nitrogens is 2. The molecule has 8 atom stereocenters. The van der Waals surface area contributed by atoms with Crippen LogP contribution in [0.15, 0.2) is 65.7 Å². The highest BCUT2D eigenvalue weighted by molar-refractivity contribution is 7.61. The number of nitrogens with zero attached hydrogens (tertiary/aromatic N) is 2. The molecule has 1 saturated heterocycles. The molecule has 21 heteroatoms. The third-order valence-electron chi connectivity index (χ3n) is 11.7. The van der Waals surface area contributed by atoms with Gasteiger partial charge in [0.1, 0.15) is 30.7 Å². The number of hydrogen-bond acceptors (Lipinski definition) is 16. The molecule has 0 saturated carbocycles. The summed E-state index contributed by atoms with van der Waals surface area (Å²) in [5.41, 5.74) is 4.58. The molecule has 1 fully saturated rings. The fourth-order valence-corrected chi connectivity index (χ4v) is 9.71. The van der Waals surface area contributed by atoms with Gasteiger partial charge in [-0.3, -0.25) is 23.2 Å². The number of carbonyl (C=O) groups is 2. The van der Waals surface area contributed by atoms with Crippen LogP contribution in [0.25, 0.3) is 0 Å². The molecule has 412 valence electrons. The van der Waals surface area contributed by atoms with Gasteiger partial charge in [0.15, 0.2) is 12.3 Å². The maximum atomic E-state index is 12.9. The molecule has 0 spiro atoms.